The summed E-state index contributed by atoms with van der Waals surface area (Å²) in [6.45, 7) is 4.57. The number of allylic oxidation sites excluding steroid dienone is 1. The number of unbranched alkanes of at least 4 members (excludes halogenated alkanes) is 24. The summed E-state index contributed by atoms with van der Waals surface area (Å²) in [5.41, 5.74) is 0. The van der Waals surface area contributed by atoms with Gasteiger partial charge >= 0.3 is 5.97 Å². The Labute approximate surface area is 220 Å². The minimum atomic E-state index is 0.0182. The van der Waals surface area contributed by atoms with Gasteiger partial charge in [0.25, 0.3) is 0 Å². The Kier molecular flexibility index (Phi) is 22.9. The molecule has 1 rings (SSSR count). The smallest absolute Gasteiger partial charge is 0.321 e. The average molecular weight is 491 g/mol. The Hall–Kier alpha value is -0.790. The second kappa shape index (κ2) is 24.9. The third-order valence-electron chi connectivity index (χ3n) is 7.85. The highest BCUT2D eigenvalue weighted by Crippen LogP contribution is 2.32. The van der Waals surface area contributed by atoms with E-state index in [0.717, 1.165) is 18.6 Å². The molecule has 0 aliphatic carbocycles. The van der Waals surface area contributed by atoms with E-state index in [1.165, 1.54) is 161 Å². The van der Waals surface area contributed by atoms with Crippen molar-refractivity contribution in [3.8, 4) is 0 Å². The van der Waals surface area contributed by atoms with Crippen molar-refractivity contribution in [3.63, 3.8) is 0 Å². The van der Waals surface area contributed by atoms with Gasteiger partial charge in [0.15, 0.2) is 0 Å². The van der Waals surface area contributed by atoms with Gasteiger partial charge in [-0.05, 0) is 25.3 Å². The zero-order valence-electron chi connectivity index (χ0n) is 24.1. The van der Waals surface area contributed by atoms with Gasteiger partial charge in [0.2, 0.25) is 0 Å². The first-order valence-corrected chi connectivity index (χ1v) is 16.2. The Balaban J connectivity index is 1.87. The first-order chi connectivity index (χ1) is 17.3. The molecule has 1 saturated heterocycles. The summed E-state index contributed by atoms with van der Waals surface area (Å²) in [7, 11) is 0. The Morgan fingerprint density at radius 1 is 0.514 bits per heavy atom. The molecule has 1 atom stereocenters. The van der Waals surface area contributed by atoms with E-state index in [1.807, 2.05) is 0 Å². The van der Waals surface area contributed by atoms with E-state index in [9.17, 15) is 4.79 Å². The molecule has 206 valence electrons. The second-order valence-electron chi connectivity index (χ2n) is 11.3. The van der Waals surface area contributed by atoms with Gasteiger partial charge in [0.05, 0.1) is 0 Å². The SMILES string of the molecule is CCCCCCCCCCCCCCC/C=C1\OC(=O)C1CCCCCCCCCCCCCC. The highest BCUT2D eigenvalue weighted by Gasteiger charge is 2.36. The van der Waals surface area contributed by atoms with Crippen molar-refractivity contribution >= 4 is 5.97 Å². The molecule has 1 unspecified atom stereocenters. The number of carbonyl (C=O) groups is 1. The van der Waals surface area contributed by atoms with E-state index in [-0.39, 0.29) is 11.9 Å². The first kappa shape index (κ1) is 32.2. The molecule has 2 heteroatoms. The van der Waals surface area contributed by atoms with E-state index >= 15 is 0 Å². The molecule has 0 saturated carbocycles. The Bertz CT molecular complexity index is 495. The quantitative estimate of drug-likeness (QED) is 0.0845. The van der Waals surface area contributed by atoms with E-state index < -0.39 is 0 Å². The van der Waals surface area contributed by atoms with Crippen LogP contribution in [0.4, 0.5) is 0 Å². The summed E-state index contributed by atoms with van der Waals surface area (Å²) in [6.07, 6.45) is 38.8. The number of esters is 1. The zero-order chi connectivity index (χ0) is 25.2. The lowest BCUT2D eigenvalue weighted by molar-refractivity contribution is -0.157. The standard InChI is InChI=1S/C33H62O2/c1-3-5-7-9-11-13-15-17-18-20-22-24-26-28-30-32-31(33(34)35-32)29-27-25-23-21-19-16-14-12-10-8-6-4-2/h30-31H,3-29H2,1-2H3/b32-30-. The van der Waals surface area contributed by atoms with Gasteiger partial charge in [-0.15, -0.1) is 0 Å². The van der Waals surface area contributed by atoms with Gasteiger partial charge in [-0.3, -0.25) is 4.79 Å². The van der Waals surface area contributed by atoms with Gasteiger partial charge in [-0.2, -0.15) is 0 Å². The molecule has 0 aromatic carbocycles. The van der Waals surface area contributed by atoms with Crippen molar-refractivity contribution in [2.75, 3.05) is 0 Å². The summed E-state index contributed by atoms with van der Waals surface area (Å²) in [5.74, 6) is 1.08. The minimum Gasteiger partial charge on any atom is -0.430 e. The van der Waals surface area contributed by atoms with Crippen LogP contribution in [0.5, 0.6) is 0 Å². The summed E-state index contributed by atoms with van der Waals surface area (Å²) in [5, 5.41) is 0. The van der Waals surface area contributed by atoms with Crippen LogP contribution < -0.4 is 0 Å². The lowest BCUT2D eigenvalue weighted by Gasteiger charge is -2.28. The molecular formula is C33H62O2. The van der Waals surface area contributed by atoms with Crippen LogP contribution in [-0.2, 0) is 9.53 Å². The molecule has 1 heterocycles. The van der Waals surface area contributed by atoms with E-state index in [0.29, 0.717) is 0 Å². The summed E-state index contributed by atoms with van der Waals surface area (Å²) in [6, 6.07) is 0. The molecule has 0 radical (unpaired) electrons. The lowest BCUT2D eigenvalue weighted by atomic mass is 9.93. The minimum absolute atomic E-state index is 0.0182. The van der Waals surface area contributed by atoms with Crippen molar-refractivity contribution in [3.05, 3.63) is 11.8 Å². The van der Waals surface area contributed by atoms with Crippen molar-refractivity contribution in [2.24, 2.45) is 5.92 Å². The van der Waals surface area contributed by atoms with Gasteiger partial charge in [0, 0.05) is 0 Å². The maximum absolute atomic E-state index is 11.9. The average Bonchev–Trinajstić information content (AvgIpc) is 2.86. The zero-order valence-corrected chi connectivity index (χ0v) is 24.1. The predicted molar refractivity (Wildman–Crippen MR) is 154 cm³/mol. The van der Waals surface area contributed by atoms with Crippen molar-refractivity contribution < 1.29 is 9.53 Å². The van der Waals surface area contributed by atoms with E-state index in [2.05, 4.69) is 19.9 Å². The van der Waals surface area contributed by atoms with Crippen LogP contribution in [-0.4, -0.2) is 5.97 Å². The van der Waals surface area contributed by atoms with Crippen LogP contribution >= 0.6 is 0 Å². The summed E-state index contributed by atoms with van der Waals surface area (Å²) >= 11 is 0. The predicted octanol–water partition coefficient (Wildman–Crippen LogP) is 11.6. The van der Waals surface area contributed by atoms with Crippen molar-refractivity contribution in [1.29, 1.82) is 0 Å². The molecule has 0 amide bonds. The number of carbonyl (C=O) groups excluding carboxylic acids is 1. The van der Waals surface area contributed by atoms with Crippen molar-refractivity contribution in [1.82, 2.24) is 0 Å². The molecule has 1 aliphatic rings. The fourth-order valence-electron chi connectivity index (χ4n) is 5.36. The van der Waals surface area contributed by atoms with Crippen LogP contribution in [0.25, 0.3) is 0 Å². The highest BCUT2D eigenvalue weighted by atomic mass is 16.6. The van der Waals surface area contributed by atoms with E-state index in [4.69, 9.17) is 4.74 Å². The molecule has 0 N–H and O–H groups in total. The van der Waals surface area contributed by atoms with E-state index in [1.54, 1.807) is 0 Å². The van der Waals surface area contributed by atoms with Crippen molar-refractivity contribution in [2.45, 2.75) is 187 Å². The lowest BCUT2D eigenvalue weighted by Crippen LogP contribution is -2.32. The first-order valence-electron chi connectivity index (χ1n) is 16.2. The molecule has 1 fully saturated rings. The van der Waals surface area contributed by atoms with Gasteiger partial charge in [0.1, 0.15) is 11.7 Å². The van der Waals surface area contributed by atoms with Crippen LogP contribution in [0.15, 0.2) is 11.8 Å². The maximum Gasteiger partial charge on any atom is 0.321 e. The largest absolute Gasteiger partial charge is 0.430 e. The number of rotatable bonds is 27. The van der Waals surface area contributed by atoms with Gasteiger partial charge in [-0.25, -0.2) is 0 Å². The molecule has 0 aromatic rings. The number of cyclic esters (lactones) is 1. The van der Waals surface area contributed by atoms with Crippen LogP contribution in [0.2, 0.25) is 0 Å². The third-order valence-corrected chi connectivity index (χ3v) is 7.85. The second-order valence-corrected chi connectivity index (χ2v) is 11.3. The fraction of sp³-hybridized carbons (Fsp3) is 0.909. The molecular weight excluding hydrogens is 428 g/mol. The molecule has 1 aliphatic heterocycles. The number of hydrogen-bond acceptors (Lipinski definition) is 2. The molecule has 0 aromatic heterocycles. The monoisotopic (exact) mass is 490 g/mol. The topological polar surface area (TPSA) is 26.3 Å². The maximum atomic E-state index is 11.9. The summed E-state index contributed by atoms with van der Waals surface area (Å²) < 4.78 is 5.34. The molecule has 0 bridgehead atoms. The van der Waals surface area contributed by atoms with Gasteiger partial charge in [-0.1, -0.05) is 168 Å². The normalized spacial score (nSPS) is 16.6. The Morgan fingerprint density at radius 2 is 0.857 bits per heavy atom. The third kappa shape index (κ3) is 19.0. The molecule has 35 heavy (non-hydrogen) atoms. The fourth-order valence-corrected chi connectivity index (χ4v) is 5.36. The Morgan fingerprint density at radius 3 is 1.23 bits per heavy atom. The highest BCUT2D eigenvalue weighted by molar-refractivity contribution is 5.82. The molecule has 0 spiro atoms. The number of ether oxygens (including phenoxy) is 1. The molecule has 2 nitrogen and oxygen atoms in total. The van der Waals surface area contributed by atoms with Crippen LogP contribution in [0, 0.1) is 5.92 Å². The van der Waals surface area contributed by atoms with Crippen LogP contribution in [0.1, 0.15) is 187 Å². The van der Waals surface area contributed by atoms with Gasteiger partial charge < -0.3 is 4.74 Å². The summed E-state index contributed by atoms with van der Waals surface area (Å²) in [4.78, 5) is 11.9. The van der Waals surface area contributed by atoms with Crippen LogP contribution in [0.3, 0.4) is 0 Å². The number of hydrogen-bond donors (Lipinski definition) is 0.